The lowest BCUT2D eigenvalue weighted by molar-refractivity contribution is -0.121. The van der Waals surface area contributed by atoms with Gasteiger partial charge in [-0.3, -0.25) is 9.78 Å². The van der Waals surface area contributed by atoms with E-state index in [1.165, 1.54) is 0 Å². The lowest BCUT2D eigenvalue weighted by Crippen LogP contribution is -2.32. The Kier molecular flexibility index (Phi) is 6.40. The van der Waals surface area contributed by atoms with Crippen molar-refractivity contribution in [1.29, 1.82) is 0 Å². The minimum Gasteiger partial charge on any atom is -0.347 e. The monoisotopic (exact) mass is 315 g/mol. The topological polar surface area (TPSA) is 54.9 Å². The molecule has 0 aliphatic carbocycles. The van der Waals surface area contributed by atoms with Crippen molar-refractivity contribution in [3.8, 4) is 0 Å². The zero-order chi connectivity index (χ0) is 15.8. The molecule has 0 aliphatic rings. The van der Waals surface area contributed by atoms with E-state index < -0.39 is 0 Å². The lowest BCUT2D eigenvalue weighted by atomic mass is 10.0. The second kappa shape index (κ2) is 8.54. The molecule has 2 aromatic heterocycles. The van der Waals surface area contributed by atoms with E-state index in [4.69, 9.17) is 0 Å². The summed E-state index contributed by atoms with van der Waals surface area (Å²) >= 11 is 1.59. The second-order valence-electron chi connectivity index (χ2n) is 5.31. The van der Waals surface area contributed by atoms with E-state index in [1.807, 2.05) is 36.4 Å². The average Bonchev–Trinajstić information content (AvgIpc) is 2.54. The van der Waals surface area contributed by atoms with Gasteiger partial charge in [0.25, 0.3) is 0 Å². The quantitative estimate of drug-likeness (QED) is 0.795. The third kappa shape index (κ3) is 5.15. The second-order valence-corrected chi connectivity index (χ2v) is 6.43. The highest BCUT2D eigenvalue weighted by Gasteiger charge is 2.19. The van der Waals surface area contributed by atoms with Crippen LogP contribution >= 0.6 is 11.8 Å². The van der Waals surface area contributed by atoms with Gasteiger partial charge in [0.15, 0.2) is 0 Å². The number of pyridine rings is 2. The Morgan fingerprint density at radius 3 is 2.45 bits per heavy atom. The minimum absolute atomic E-state index is 0.0476. The molecule has 2 rings (SSSR count). The number of carbonyl (C=O) groups excluding carboxylic acids is 1. The van der Waals surface area contributed by atoms with Gasteiger partial charge >= 0.3 is 0 Å². The zero-order valence-electron chi connectivity index (χ0n) is 12.9. The summed E-state index contributed by atoms with van der Waals surface area (Å²) in [6, 6.07) is 11.5. The summed E-state index contributed by atoms with van der Waals surface area (Å²) in [6.07, 6.45) is 3.99. The first kappa shape index (κ1) is 16.5. The number of rotatable bonds is 7. The molecule has 1 N–H and O–H groups in total. The van der Waals surface area contributed by atoms with E-state index in [9.17, 15) is 4.79 Å². The summed E-state index contributed by atoms with van der Waals surface area (Å²) in [5.74, 6) is 1.06. The summed E-state index contributed by atoms with van der Waals surface area (Å²) < 4.78 is 0. The molecule has 1 amide bonds. The first-order valence-electron chi connectivity index (χ1n) is 7.41. The summed E-state index contributed by atoms with van der Waals surface area (Å²) in [6.45, 7) is 4.17. The Bertz CT molecular complexity index is 575. The van der Waals surface area contributed by atoms with Crippen LogP contribution in [-0.2, 0) is 4.79 Å². The highest BCUT2D eigenvalue weighted by molar-refractivity contribution is 7.99. The molecule has 0 aliphatic heterocycles. The van der Waals surface area contributed by atoms with E-state index in [0.29, 0.717) is 12.3 Å². The van der Waals surface area contributed by atoms with Crippen molar-refractivity contribution >= 4 is 17.7 Å². The molecule has 0 saturated carbocycles. The van der Waals surface area contributed by atoms with Crippen molar-refractivity contribution in [3.05, 3.63) is 54.5 Å². The van der Waals surface area contributed by atoms with Gasteiger partial charge in [0.1, 0.15) is 0 Å². The molecule has 0 spiro atoms. The van der Waals surface area contributed by atoms with Crippen LogP contribution in [-0.4, -0.2) is 21.6 Å². The number of thioether (sulfide) groups is 1. The van der Waals surface area contributed by atoms with Crippen molar-refractivity contribution < 1.29 is 4.79 Å². The van der Waals surface area contributed by atoms with Crippen LogP contribution in [0.5, 0.6) is 0 Å². The number of carbonyl (C=O) groups is 1. The van der Waals surface area contributed by atoms with Crippen LogP contribution in [0.15, 0.2) is 53.8 Å². The molecule has 116 valence electrons. The molecule has 2 aromatic rings. The van der Waals surface area contributed by atoms with Gasteiger partial charge in [0.05, 0.1) is 16.8 Å². The Balaban J connectivity index is 1.84. The van der Waals surface area contributed by atoms with Crippen molar-refractivity contribution in [1.82, 2.24) is 15.3 Å². The van der Waals surface area contributed by atoms with E-state index >= 15 is 0 Å². The molecular weight excluding hydrogens is 294 g/mol. The molecule has 0 radical (unpaired) electrons. The zero-order valence-corrected chi connectivity index (χ0v) is 13.7. The number of nitrogens with zero attached hydrogens (tertiary/aromatic N) is 2. The number of hydrogen-bond acceptors (Lipinski definition) is 4. The maximum atomic E-state index is 12.1. The van der Waals surface area contributed by atoms with Gasteiger partial charge in [-0.25, -0.2) is 4.98 Å². The standard InChI is InChI=1S/C17H21N3OS/c1-13(2)17(14-7-3-5-10-18-14)20-15(21)9-12-22-16-8-4-6-11-19-16/h3-8,10-11,13,17H,9,12H2,1-2H3,(H,20,21)/t17-/m0/s1. The van der Waals surface area contributed by atoms with Crippen LogP contribution in [0.25, 0.3) is 0 Å². The maximum Gasteiger partial charge on any atom is 0.221 e. The van der Waals surface area contributed by atoms with Crippen molar-refractivity contribution in [2.45, 2.75) is 31.3 Å². The molecule has 0 unspecified atom stereocenters. The van der Waals surface area contributed by atoms with Gasteiger partial charge in [0.2, 0.25) is 5.91 Å². The number of amides is 1. The van der Waals surface area contributed by atoms with Crippen LogP contribution < -0.4 is 5.32 Å². The number of hydrogen-bond donors (Lipinski definition) is 1. The predicted octanol–water partition coefficient (Wildman–Crippen LogP) is 3.47. The molecule has 22 heavy (non-hydrogen) atoms. The largest absolute Gasteiger partial charge is 0.347 e. The predicted molar refractivity (Wildman–Crippen MR) is 89.5 cm³/mol. The Morgan fingerprint density at radius 1 is 1.14 bits per heavy atom. The van der Waals surface area contributed by atoms with E-state index in [2.05, 4.69) is 29.1 Å². The third-order valence-corrected chi connectivity index (χ3v) is 4.15. The number of nitrogens with one attached hydrogen (secondary N) is 1. The number of aromatic nitrogens is 2. The Morgan fingerprint density at radius 2 is 1.86 bits per heavy atom. The first-order valence-corrected chi connectivity index (χ1v) is 8.39. The third-order valence-electron chi connectivity index (χ3n) is 3.21. The SMILES string of the molecule is CC(C)[C@H](NC(=O)CCSc1ccccn1)c1ccccn1. The fourth-order valence-electron chi connectivity index (χ4n) is 2.07. The normalized spacial score (nSPS) is 12.1. The van der Waals surface area contributed by atoms with Crippen molar-refractivity contribution in [3.63, 3.8) is 0 Å². The van der Waals surface area contributed by atoms with Gasteiger partial charge in [0, 0.05) is 24.6 Å². The van der Waals surface area contributed by atoms with Crippen LogP contribution in [0.3, 0.4) is 0 Å². The van der Waals surface area contributed by atoms with Gasteiger partial charge < -0.3 is 5.32 Å². The average molecular weight is 315 g/mol. The summed E-state index contributed by atoms with van der Waals surface area (Å²) in [7, 11) is 0. The lowest BCUT2D eigenvalue weighted by Gasteiger charge is -2.21. The van der Waals surface area contributed by atoms with Gasteiger partial charge in [-0.1, -0.05) is 26.0 Å². The summed E-state index contributed by atoms with van der Waals surface area (Å²) in [5.41, 5.74) is 0.906. The molecule has 0 fully saturated rings. The molecule has 2 heterocycles. The van der Waals surface area contributed by atoms with Crippen LogP contribution in [0.2, 0.25) is 0 Å². The van der Waals surface area contributed by atoms with E-state index in [-0.39, 0.29) is 11.9 Å². The highest BCUT2D eigenvalue weighted by atomic mass is 32.2. The minimum atomic E-state index is -0.0476. The fraction of sp³-hybridized carbons (Fsp3) is 0.353. The molecular formula is C17H21N3OS. The molecule has 0 saturated heterocycles. The van der Waals surface area contributed by atoms with E-state index in [0.717, 1.165) is 16.5 Å². The molecule has 0 aromatic carbocycles. The molecule has 4 nitrogen and oxygen atoms in total. The molecule has 5 heteroatoms. The van der Waals surface area contributed by atoms with Crippen LogP contribution in [0.1, 0.15) is 32.0 Å². The van der Waals surface area contributed by atoms with Crippen LogP contribution in [0, 0.1) is 5.92 Å². The first-order chi connectivity index (χ1) is 10.7. The smallest absolute Gasteiger partial charge is 0.221 e. The highest BCUT2D eigenvalue weighted by Crippen LogP contribution is 2.20. The van der Waals surface area contributed by atoms with Crippen molar-refractivity contribution in [2.24, 2.45) is 5.92 Å². The molecule has 1 atom stereocenters. The summed E-state index contributed by atoms with van der Waals surface area (Å²) in [5, 5.41) is 4.03. The Labute approximate surface area is 135 Å². The van der Waals surface area contributed by atoms with Gasteiger partial charge in [-0.05, 0) is 30.2 Å². The molecule has 0 bridgehead atoms. The fourth-order valence-corrected chi connectivity index (χ4v) is 2.88. The van der Waals surface area contributed by atoms with Gasteiger partial charge in [-0.2, -0.15) is 0 Å². The van der Waals surface area contributed by atoms with E-state index in [1.54, 1.807) is 24.2 Å². The Hall–Kier alpha value is -1.88. The van der Waals surface area contributed by atoms with Gasteiger partial charge in [-0.15, -0.1) is 11.8 Å². The van der Waals surface area contributed by atoms with Crippen LogP contribution in [0.4, 0.5) is 0 Å². The van der Waals surface area contributed by atoms with Crippen molar-refractivity contribution in [2.75, 3.05) is 5.75 Å². The summed E-state index contributed by atoms with van der Waals surface area (Å²) in [4.78, 5) is 20.7. The maximum absolute atomic E-state index is 12.1.